The minimum absolute atomic E-state index is 0.0873. The van der Waals surface area contributed by atoms with Gasteiger partial charge in [-0.05, 0) is 12.1 Å². The van der Waals surface area contributed by atoms with Gasteiger partial charge in [-0.3, -0.25) is 10.1 Å². The highest BCUT2D eigenvalue weighted by atomic mass is 35.5. The number of oxazole rings is 1. The van der Waals surface area contributed by atoms with Gasteiger partial charge in [0.15, 0.2) is 5.58 Å². The highest BCUT2D eigenvalue weighted by Gasteiger charge is 2.16. The predicted octanol–water partition coefficient (Wildman–Crippen LogP) is 3.78. The standard InChI is InChI=1S/C13H7ClFN3O3/c14-9-3-6(15)4-11-12(9)21-13(17-11)8-2-1-7(18(19)20)5-10(8)16/h1-5H,16H2. The molecule has 3 aromatic rings. The molecule has 0 saturated carbocycles. The fourth-order valence-electron chi connectivity index (χ4n) is 1.93. The third-order valence-corrected chi connectivity index (χ3v) is 3.17. The second-order valence-corrected chi connectivity index (χ2v) is 4.69. The van der Waals surface area contributed by atoms with Crippen LogP contribution in [-0.2, 0) is 0 Å². The molecule has 0 aliphatic rings. The maximum atomic E-state index is 13.3. The van der Waals surface area contributed by atoms with E-state index in [2.05, 4.69) is 4.98 Å². The zero-order valence-electron chi connectivity index (χ0n) is 10.3. The first-order valence-corrected chi connectivity index (χ1v) is 6.13. The molecule has 106 valence electrons. The van der Waals surface area contributed by atoms with Gasteiger partial charge in [0.05, 0.1) is 21.2 Å². The maximum absolute atomic E-state index is 13.3. The average molecular weight is 308 g/mol. The van der Waals surface area contributed by atoms with Crippen molar-refractivity contribution in [1.82, 2.24) is 4.98 Å². The van der Waals surface area contributed by atoms with Gasteiger partial charge in [0.25, 0.3) is 5.69 Å². The minimum Gasteiger partial charge on any atom is -0.434 e. The van der Waals surface area contributed by atoms with Gasteiger partial charge in [0.2, 0.25) is 5.89 Å². The summed E-state index contributed by atoms with van der Waals surface area (Å²) in [5.41, 5.74) is 6.60. The number of benzene rings is 2. The van der Waals surface area contributed by atoms with Gasteiger partial charge >= 0.3 is 0 Å². The van der Waals surface area contributed by atoms with Crippen LogP contribution in [0, 0.1) is 15.9 Å². The van der Waals surface area contributed by atoms with Crippen molar-refractivity contribution in [2.75, 3.05) is 5.73 Å². The van der Waals surface area contributed by atoms with Crippen molar-refractivity contribution >= 4 is 34.1 Å². The van der Waals surface area contributed by atoms with Crippen LogP contribution in [0.25, 0.3) is 22.6 Å². The van der Waals surface area contributed by atoms with Gasteiger partial charge in [-0.1, -0.05) is 11.6 Å². The molecule has 0 radical (unpaired) electrons. The molecule has 1 aromatic heterocycles. The molecule has 0 unspecified atom stereocenters. The number of aromatic nitrogens is 1. The van der Waals surface area contributed by atoms with Crippen LogP contribution in [-0.4, -0.2) is 9.91 Å². The maximum Gasteiger partial charge on any atom is 0.271 e. The van der Waals surface area contributed by atoms with Crippen LogP contribution in [0.15, 0.2) is 34.7 Å². The summed E-state index contributed by atoms with van der Waals surface area (Å²) in [6.45, 7) is 0. The van der Waals surface area contributed by atoms with Gasteiger partial charge in [-0.25, -0.2) is 9.37 Å². The summed E-state index contributed by atoms with van der Waals surface area (Å²) in [4.78, 5) is 14.2. The Hall–Kier alpha value is -2.67. The smallest absolute Gasteiger partial charge is 0.271 e. The number of hydrogen-bond acceptors (Lipinski definition) is 5. The number of nitro groups is 1. The summed E-state index contributed by atoms with van der Waals surface area (Å²) in [7, 11) is 0. The summed E-state index contributed by atoms with van der Waals surface area (Å²) < 4.78 is 18.7. The normalized spacial score (nSPS) is 11.0. The van der Waals surface area contributed by atoms with Crippen molar-refractivity contribution in [2.24, 2.45) is 0 Å². The predicted molar refractivity (Wildman–Crippen MR) is 75.5 cm³/mol. The SMILES string of the molecule is Nc1cc([N+](=O)[O-])ccc1-c1nc2cc(F)cc(Cl)c2o1. The van der Waals surface area contributed by atoms with Gasteiger partial charge < -0.3 is 10.2 Å². The highest BCUT2D eigenvalue weighted by molar-refractivity contribution is 6.34. The molecule has 3 rings (SSSR count). The highest BCUT2D eigenvalue weighted by Crippen LogP contribution is 2.33. The lowest BCUT2D eigenvalue weighted by Gasteiger charge is -2.00. The Labute approximate surface area is 122 Å². The third kappa shape index (κ3) is 2.27. The first-order valence-electron chi connectivity index (χ1n) is 5.75. The number of nitro benzene ring substituents is 1. The van der Waals surface area contributed by atoms with Crippen molar-refractivity contribution in [1.29, 1.82) is 0 Å². The molecule has 0 spiro atoms. The van der Waals surface area contributed by atoms with Crippen molar-refractivity contribution < 1.29 is 13.7 Å². The quantitative estimate of drug-likeness (QED) is 0.441. The van der Waals surface area contributed by atoms with Crippen LogP contribution < -0.4 is 5.73 Å². The molecule has 0 saturated heterocycles. The van der Waals surface area contributed by atoms with E-state index in [4.69, 9.17) is 21.8 Å². The largest absolute Gasteiger partial charge is 0.434 e. The molecule has 2 aromatic carbocycles. The van der Waals surface area contributed by atoms with E-state index in [0.29, 0.717) is 5.56 Å². The van der Waals surface area contributed by atoms with Crippen LogP contribution >= 0.6 is 11.6 Å². The molecule has 0 aliphatic heterocycles. The third-order valence-electron chi connectivity index (χ3n) is 2.89. The van der Waals surface area contributed by atoms with Gasteiger partial charge in [0, 0.05) is 18.2 Å². The average Bonchev–Trinajstić information content (AvgIpc) is 2.82. The Morgan fingerprint density at radius 1 is 1.33 bits per heavy atom. The van der Waals surface area contributed by atoms with Crippen LogP contribution in [0.1, 0.15) is 0 Å². The number of hydrogen-bond donors (Lipinski definition) is 1. The van der Waals surface area contributed by atoms with Crippen LogP contribution in [0.5, 0.6) is 0 Å². The first kappa shape index (κ1) is 13.3. The zero-order valence-corrected chi connectivity index (χ0v) is 11.1. The van der Waals surface area contributed by atoms with E-state index < -0.39 is 10.7 Å². The van der Waals surface area contributed by atoms with Crippen LogP contribution in [0.2, 0.25) is 5.02 Å². The van der Waals surface area contributed by atoms with E-state index in [1.165, 1.54) is 24.3 Å². The number of nitrogens with two attached hydrogens (primary N) is 1. The first-order chi connectivity index (χ1) is 9.95. The van der Waals surface area contributed by atoms with E-state index in [1.807, 2.05) is 0 Å². The number of rotatable bonds is 2. The Bertz CT molecular complexity index is 878. The molecule has 0 atom stereocenters. The van der Waals surface area contributed by atoms with Gasteiger partial charge in [-0.2, -0.15) is 0 Å². The number of fused-ring (bicyclic) bond motifs is 1. The molecule has 2 N–H and O–H groups in total. The summed E-state index contributed by atoms with van der Waals surface area (Å²) in [6, 6.07) is 6.19. The number of nitrogen functional groups attached to an aromatic ring is 1. The lowest BCUT2D eigenvalue weighted by molar-refractivity contribution is -0.384. The molecule has 21 heavy (non-hydrogen) atoms. The Kier molecular flexibility index (Phi) is 2.99. The van der Waals surface area contributed by atoms with Gasteiger partial charge in [-0.15, -0.1) is 0 Å². The molecule has 0 fully saturated rings. The number of halogens is 2. The van der Waals surface area contributed by atoms with Crippen LogP contribution in [0.3, 0.4) is 0 Å². The number of anilines is 1. The number of non-ortho nitro benzene ring substituents is 1. The molecular formula is C13H7ClFN3O3. The molecular weight excluding hydrogens is 301 g/mol. The van der Waals surface area contributed by atoms with Crippen LogP contribution in [0.4, 0.5) is 15.8 Å². The fourth-order valence-corrected chi connectivity index (χ4v) is 2.17. The van der Waals surface area contributed by atoms with Crippen molar-refractivity contribution in [3.05, 3.63) is 51.3 Å². The van der Waals surface area contributed by atoms with E-state index >= 15 is 0 Å². The second-order valence-electron chi connectivity index (χ2n) is 4.28. The second kappa shape index (κ2) is 4.71. The zero-order chi connectivity index (χ0) is 15.1. The molecule has 1 heterocycles. The molecule has 0 aliphatic carbocycles. The lowest BCUT2D eigenvalue weighted by atomic mass is 10.1. The van der Waals surface area contributed by atoms with E-state index in [1.54, 1.807) is 0 Å². The fraction of sp³-hybridized carbons (Fsp3) is 0. The minimum atomic E-state index is -0.557. The number of nitrogens with zero attached hydrogens (tertiary/aromatic N) is 2. The van der Waals surface area contributed by atoms with Crippen molar-refractivity contribution in [3.63, 3.8) is 0 Å². The van der Waals surface area contributed by atoms with E-state index in [9.17, 15) is 14.5 Å². The lowest BCUT2D eigenvalue weighted by Crippen LogP contribution is -1.94. The monoisotopic (exact) mass is 307 g/mol. The summed E-state index contributed by atoms with van der Waals surface area (Å²) in [5, 5.41) is 10.8. The topological polar surface area (TPSA) is 95.2 Å². The van der Waals surface area contributed by atoms with Gasteiger partial charge in [0.1, 0.15) is 11.3 Å². The molecule has 0 amide bonds. The molecule has 0 bridgehead atoms. The van der Waals surface area contributed by atoms with E-state index in [-0.39, 0.29) is 33.4 Å². The van der Waals surface area contributed by atoms with E-state index in [0.717, 1.165) is 6.07 Å². The molecule has 8 heteroatoms. The molecule has 6 nitrogen and oxygen atoms in total. The van der Waals surface area contributed by atoms with Crippen molar-refractivity contribution in [3.8, 4) is 11.5 Å². The Morgan fingerprint density at radius 3 is 2.76 bits per heavy atom. The summed E-state index contributed by atoms with van der Waals surface area (Å²) in [5.74, 6) is -0.422. The summed E-state index contributed by atoms with van der Waals surface area (Å²) in [6.07, 6.45) is 0. The van der Waals surface area contributed by atoms with Crippen molar-refractivity contribution in [2.45, 2.75) is 0 Å². The Morgan fingerprint density at radius 2 is 2.10 bits per heavy atom. The Balaban J connectivity index is 2.17. The summed E-state index contributed by atoms with van der Waals surface area (Å²) >= 11 is 5.88.